The number of carbonyl (C=O) groups is 2. The molecule has 0 aliphatic carbocycles. The van der Waals surface area contributed by atoms with Crippen LogP contribution in [0.1, 0.15) is 17.3 Å². The van der Waals surface area contributed by atoms with Gasteiger partial charge in [0, 0.05) is 25.7 Å². The molecule has 0 unspecified atom stereocenters. The first-order valence-corrected chi connectivity index (χ1v) is 5.01. The summed E-state index contributed by atoms with van der Waals surface area (Å²) in [6, 6.07) is 3.47. The maximum absolute atomic E-state index is 13.1. The molecule has 5 nitrogen and oxygen atoms in total. The van der Waals surface area contributed by atoms with Crippen molar-refractivity contribution in [1.82, 2.24) is 5.32 Å². The predicted octanol–water partition coefficient (Wildman–Crippen LogP) is 1.07. The number of benzene rings is 1. The summed E-state index contributed by atoms with van der Waals surface area (Å²) in [5.74, 6) is -1.96. The van der Waals surface area contributed by atoms with E-state index < -0.39 is 11.8 Å². The molecule has 0 radical (unpaired) electrons. The molecule has 0 aromatic heterocycles. The maximum atomic E-state index is 13.1. The standard InChI is InChI=1S/C11H13FN2O3/c1-7(15)13-2-3-14-10-5-8(11(16)17)4-9(12)6-10/h4-6,14H,2-3H2,1H3,(H,13,15)(H,16,17). The molecule has 1 aromatic rings. The molecular weight excluding hydrogens is 227 g/mol. The lowest BCUT2D eigenvalue weighted by molar-refractivity contribution is -0.118. The van der Waals surface area contributed by atoms with E-state index in [2.05, 4.69) is 10.6 Å². The van der Waals surface area contributed by atoms with Crippen LogP contribution in [0.15, 0.2) is 18.2 Å². The number of aromatic carboxylic acids is 1. The Morgan fingerprint density at radius 3 is 2.59 bits per heavy atom. The molecule has 3 N–H and O–H groups in total. The molecule has 6 heteroatoms. The number of carboxylic acids is 1. The molecule has 0 heterocycles. The minimum absolute atomic E-state index is 0.118. The molecule has 0 aliphatic rings. The number of hydrogen-bond donors (Lipinski definition) is 3. The fourth-order valence-corrected chi connectivity index (χ4v) is 1.26. The highest BCUT2D eigenvalue weighted by molar-refractivity contribution is 5.88. The van der Waals surface area contributed by atoms with Crippen LogP contribution in [-0.4, -0.2) is 30.1 Å². The average Bonchev–Trinajstić information content (AvgIpc) is 2.23. The Kier molecular flexibility index (Phi) is 4.45. The van der Waals surface area contributed by atoms with Gasteiger partial charge in [-0.05, 0) is 18.2 Å². The van der Waals surface area contributed by atoms with Gasteiger partial charge >= 0.3 is 5.97 Å². The zero-order valence-corrected chi connectivity index (χ0v) is 9.29. The summed E-state index contributed by atoms with van der Waals surface area (Å²) in [7, 11) is 0. The molecule has 92 valence electrons. The summed E-state index contributed by atoms with van der Waals surface area (Å²) < 4.78 is 13.1. The molecule has 0 aliphatic heterocycles. The van der Waals surface area contributed by atoms with Gasteiger partial charge in [0.25, 0.3) is 0 Å². The van der Waals surface area contributed by atoms with Crippen LogP contribution < -0.4 is 10.6 Å². The molecule has 0 saturated heterocycles. The van der Waals surface area contributed by atoms with Gasteiger partial charge < -0.3 is 15.7 Å². The topological polar surface area (TPSA) is 78.4 Å². The molecule has 0 atom stereocenters. The van der Waals surface area contributed by atoms with Crippen molar-refractivity contribution in [2.45, 2.75) is 6.92 Å². The van der Waals surface area contributed by atoms with E-state index in [1.165, 1.54) is 19.1 Å². The van der Waals surface area contributed by atoms with E-state index in [-0.39, 0.29) is 11.5 Å². The van der Waals surface area contributed by atoms with Gasteiger partial charge in [-0.3, -0.25) is 4.79 Å². The van der Waals surface area contributed by atoms with Crippen molar-refractivity contribution in [2.24, 2.45) is 0 Å². The number of hydrogen-bond acceptors (Lipinski definition) is 3. The summed E-state index contributed by atoms with van der Waals surface area (Å²) >= 11 is 0. The van der Waals surface area contributed by atoms with Gasteiger partial charge in [-0.15, -0.1) is 0 Å². The monoisotopic (exact) mass is 240 g/mol. The zero-order valence-electron chi connectivity index (χ0n) is 9.29. The smallest absolute Gasteiger partial charge is 0.335 e. The van der Waals surface area contributed by atoms with E-state index in [1.807, 2.05) is 0 Å². The quantitative estimate of drug-likeness (QED) is 0.673. The molecule has 1 aromatic carbocycles. The number of halogens is 1. The SMILES string of the molecule is CC(=O)NCCNc1cc(F)cc(C(=O)O)c1. The van der Waals surface area contributed by atoms with Gasteiger partial charge in [0.05, 0.1) is 5.56 Å². The number of carbonyl (C=O) groups excluding carboxylic acids is 1. The van der Waals surface area contributed by atoms with Crippen LogP contribution in [-0.2, 0) is 4.79 Å². The van der Waals surface area contributed by atoms with E-state index in [0.717, 1.165) is 6.07 Å². The average molecular weight is 240 g/mol. The Morgan fingerprint density at radius 1 is 1.29 bits per heavy atom. The normalized spacial score (nSPS) is 9.76. The first kappa shape index (κ1) is 13.0. The third-order valence-electron chi connectivity index (χ3n) is 1.97. The summed E-state index contributed by atoms with van der Waals surface area (Å²) in [5.41, 5.74) is 0.250. The third-order valence-corrected chi connectivity index (χ3v) is 1.97. The van der Waals surface area contributed by atoms with Crippen molar-refractivity contribution in [1.29, 1.82) is 0 Å². The highest BCUT2D eigenvalue weighted by Crippen LogP contribution is 2.13. The van der Waals surface area contributed by atoms with Gasteiger partial charge in [-0.2, -0.15) is 0 Å². The molecule has 1 rings (SSSR count). The fraction of sp³-hybridized carbons (Fsp3) is 0.273. The minimum Gasteiger partial charge on any atom is -0.478 e. The highest BCUT2D eigenvalue weighted by Gasteiger charge is 2.06. The van der Waals surface area contributed by atoms with Crippen molar-refractivity contribution < 1.29 is 19.1 Å². The van der Waals surface area contributed by atoms with E-state index >= 15 is 0 Å². The molecule has 1 amide bonds. The first-order valence-electron chi connectivity index (χ1n) is 5.01. The first-order chi connectivity index (χ1) is 7.99. The van der Waals surface area contributed by atoms with Gasteiger partial charge in [-0.1, -0.05) is 0 Å². The lowest BCUT2D eigenvalue weighted by Crippen LogP contribution is -2.26. The van der Waals surface area contributed by atoms with Crippen LogP contribution in [0, 0.1) is 5.82 Å². The largest absolute Gasteiger partial charge is 0.478 e. The van der Waals surface area contributed by atoms with Gasteiger partial charge in [0.1, 0.15) is 5.82 Å². The minimum atomic E-state index is -1.19. The number of nitrogens with one attached hydrogen (secondary N) is 2. The third kappa shape index (κ3) is 4.50. The molecule has 17 heavy (non-hydrogen) atoms. The molecule has 0 bridgehead atoms. The van der Waals surface area contributed by atoms with Gasteiger partial charge in [-0.25, -0.2) is 9.18 Å². The number of amides is 1. The lowest BCUT2D eigenvalue weighted by atomic mass is 10.2. The van der Waals surface area contributed by atoms with E-state index in [4.69, 9.17) is 5.11 Å². The summed E-state index contributed by atoms with van der Waals surface area (Å²) in [4.78, 5) is 21.2. The highest BCUT2D eigenvalue weighted by atomic mass is 19.1. The Bertz CT molecular complexity index is 435. The van der Waals surface area contributed by atoms with Gasteiger partial charge in [0.2, 0.25) is 5.91 Å². The van der Waals surface area contributed by atoms with Crippen molar-refractivity contribution in [3.05, 3.63) is 29.6 Å². The Morgan fingerprint density at radius 2 is 2.00 bits per heavy atom. The van der Waals surface area contributed by atoms with E-state index in [0.29, 0.717) is 18.8 Å². The Balaban J connectivity index is 2.59. The summed E-state index contributed by atoms with van der Waals surface area (Å²) in [6.07, 6.45) is 0. The van der Waals surface area contributed by atoms with Crippen LogP contribution in [0.2, 0.25) is 0 Å². The fourth-order valence-electron chi connectivity index (χ4n) is 1.26. The lowest BCUT2D eigenvalue weighted by Gasteiger charge is -2.07. The van der Waals surface area contributed by atoms with E-state index in [1.54, 1.807) is 0 Å². The Labute approximate surface area is 97.6 Å². The summed E-state index contributed by atoms with van der Waals surface area (Å²) in [6.45, 7) is 2.17. The Hall–Kier alpha value is -2.11. The van der Waals surface area contributed by atoms with Crippen LogP contribution in [0.3, 0.4) is 0 Å². The van der Waals surface area contributed by atoms with Crippen LogP contribution >= 0.6 is 0 Å². The van der Waals surface area contributed by atoms with Gasteiger partial charge in [0.15, 0.2) is 0 Å². The number of rotatable bonds is 5. The maximum Gasteiger partial charge on any atom is 0.335 e. The second-order valence-corrected chi connectivity index (χ2v) is 3.44. The number of anilines is 1. The van der Waals surface area contributed by atoms with E-state index in [9.17, 15) is 14.0 Å². The van der Waals surface area contributed by atoms with Crippen molar-refractivity contribution in [2.75, 3.05) is 18.4 Å². The summed E-state index contributed by atoms with van der Waals surface area (Å²) in [5, 5.41) is 14.1. The predicted molar refractivity (Wildman–Crippen MR) is 60.5 cm³/mol. The van der Waals surface area contributed by atoms with Crippen molar-refractivity contribution in [3.63, 3.8) is 0 Å². The molecular formula is C11H13FN2O3. The molecule has 0 fully saturated rings. The molecule has 0 spiro atoms. The van der Waals surface area contributed by atoms with Crippen molar-refractivity contribution in [3.8, 4) is 0 Å². The zero-order chi connectivity index (χ0) is 12.8. The second-order valence-electron chi connectivity index (χ2n) is 3.44. The number of carboxylic acid groups (broad SMARTS) is 1. The van der Waals surface area contributed by atoms with Crippen LogP contribution in [0.4, 0.5) is 10.1 Å². The molecule has 0 saturated carbocycles. The second kappa shape index (κ2) is 5.83. The van der Waals surface area contributed by atoms with Crippen LogP contribution in [0.25, 0.3) is 0 Å². The van der Waals surface area contributed by atoms with Crippen molar-refractivity contribution >= 4 is 17.6 Å². The van der Waals surface area contributed by atoms with Crippen LogP contribution in [0.5, 0.6) is 0 Å².